The molecule has 0 unspecified atom stereocenters. The van der Waals surface area contributed by atoms with Crippen LogP contribution >= 0.6 is 0 Å². The molecular formula is C6H11NO. The predicted octanol–water partition coefficient (Wildman–Crippen LogP) is 0.651. The van der Waals surface area contributed by atoms with Gasteiger partial charge in [-0.05, 0) is 13.0 Å². The van der Waals surface area contributed by atoms with Gasteiger partial charge in [0.1, 0.15) is 0 Å². The van der Waals surface area contributed by atoms with Gasteiger partial charge in [0.25, 0.3) is 0 Å². The van der Waals surface area contributed by atoms with Crippen LogP contribution in [0.15, 0.2) is 12.2 Å². The van der Waals surface area contributed by atoms with E-state index in [9.17, 15) is 4.79 Å². The zero-order valence-corrected chi connectivity index (χ0v) is 5.51. The molecule has 0 rings (SSSR count). The molecule has 8 heavy (non-hydrogen) atoms. The van der Waals surface area contributed by atoms with Crippen LogP contribution in [0.3, 0.4) is 0 Å². The molecule has 0 saturated heterocycles. The lowest BCUT2D eigenvalue weighted by molar-refractivity contribution is -0.123. The first-order valence-corrected chi connectivity index (χ1v) is 2.52. The minimum Gasteiger partial charge on any atom is -0.345 e. The van der Waals surface area contributed by atoms with Crippen molar-refractivity contribution < 1.29 is 4.79 Å². The molecule has 0 aromatic rings. The number of hydrogen-bond donors (Lipinski definition) is 0. The average molecular weight is 113 g/mol. The molecule has 2 nitrogen and oxygen atoms in total. The smallest absolute Gasteiger partial charge is 0.245 e. The fourth-order valence-electron chi connectivity index (χ4n) is 0.292. The molecule has 0 heterocycles. The largest absolute Gasteiger partial charge is 0.345 e. The van der Waals surface area contributed by atoms with Crippen LogP contribution in [0.4, 0.5) is 0 Å². The van der Waals surface area contributed by atoms with E-state index in [2.05, 4.69) is 0 Å². The molecule has 0 aliphatic carbocycles. The van der Waals surface area contributed by atoms with Gasteiger partial charge in [-0.1, -0.05) is 6.08 Å². The third kappa shape index (κ3) is 2.39. The predicted molar refractivity (Wildman–Crippen MR) is 33.5 cm³/mol. The van der Waals surface area contributed by atoms with Gasteiger partial charge in [-0.15, -0.1) is 0 Å². The summed E-state index contributed by atoms with van der Waals surface area (Å²) in [4.78, 5) is 12.1. The molecule has 0 fully saturated rings. The molecule has 0 radical (unpaired) electrons. The molecule has 1 amide bonds. The van der Waals surface area contributed by atoms with Crippen LogP contribution in [0.5, 0.6) is 0 Å². The van der Waals surface area contributed by atoms with E-state index in [1.807, 2.05) is 6.92 Å². The van der Waals surface area contributed by atoms with Gasteiger partial charge in [0, 0.05) is 14.1 Å². The molecule has 0 aliphatic heterocycles. The Kier molecular flexibility index (Phi) is 2.92. The molecule has 0 aliphatic rings. The Balaban J connectivity index is 3.66. The summed E-state index contributed by atoms with van der Waals surface area (Å²) in [5, 5.41) is 0. The highest BCUT2D eigenvalue weighted by atomic mass is 16.2. The molecular weight excluding hydrogens is 102 g/mol. The van der Waals surface area contributed by atoms with Crippen LogP contribution in [0.2, 0.25) is 0 Å². The summed E-state index contributed by atoms with van der Waals surface area (Å²) >= 11 is 0. The molecule has 0 atom stereocenters. The number of carbonyl (C=O) groups is 1. The number of carbonyl (C=O) groups excluding carboxylic acids is 1. The van der Waals surface area contributed by atoms with Gasteiger partial charge in [0.05, 0.1) is 0 Å². The zero-order chi connectivity index (χ0) is 6.57. The van der Waals surface area contributed by atoms with Crippen LogP contribution in [-0.2, 0) is 4.79 Å². The minimum atomic E-state index is 0.0347. The zero-order valence-electron chi connectivity index (χ0n) is 5.51. The average Bonchev–Trinajstić information content (AvgIpc) is 1.67. The Morgan fingerprint density at radius 2 is 2.00 bits per heavy atom. The molecule has 0 N–H and O–H groups in total. The minimum absolute atomic E-state index is 0.0347. The summed E-state index contributed by atoms with van der Waals surface area (Å²) in [5.41, 5.74) is 0. The van der Waals surface area contributed by atoms with Gasteiger partial charge >= 0.3 is 0 Å². The Labute approximate surface area is 49.8 Å². The van der Waals surface area contributed by atoms with Crippen molar-refractivity contribution in [1.82, 2.24) is 4.90 Å². The van der Waals surface area contributed by atoms with Crippen molar-refractivity contribution in [1.29, 1.82) is 0 Å². The Morgan fingerprint density at radius 1 is 1.50 bits per heavy atom. The maximum atomic E-state index is 10.6. The van der Waals surface area contributed by atoms with Crippen LogP contribution in [0, 0.1) is 0 Å². The first kappa shape index (κ1) is 7.21. The lowest BCUT2D eigenvalue weighted by Gasteiger charge is -2.03. The summed E-state index contributed by atoms with van der Waals surface area (Å²) in [6.07, 6.45) is 3.25. The Bertz CT molecular complexity index is 105. The normalized spacial score (nSPS) is 9.88. The summed E-state index contributed by atoms with van der Waals surface area (Å²) in [5.74, 6) is 0.0347. The van der Waals surface area contributed by atoms with Crippen molar-refractivity contribution in [2.24, 2.45) is 0 Å². The summed E-state index contributed by atoms with van der Waals surface area (Å²) in [6, 6.07) is 0. The van der Waals surface area contributed by atoms with E-state index in [0.717, 1.165) is 0 Å². The lowest BCUT2D eigenvalue weighted by atomic mass is 10.5. The number of likely N-dealkylation sites (N-methyl/N-ethyl adjacent to an activating group) is 1. The van der Waals surface area contributed by atoms with Crippen molar-refractivity contribution in [3.63, 3.8) is 0 Å². The molecule has 0 aromatic carbocycles. The summed E-state index contributed by atoms with van der Waals surface area (Å²) in [7, 11) is 3.45. The highest BCUT2D eigenvalue weighted by Crippen LogP contribution is 1.78. The van der Waals surface area contributed by atoms with Crippen LogP contribution in [0.1, 0.15) is 6.92 Å². The third-order valence-electron chi connectivity index (χ3n) is 0.750. The lowest BCUT2D eigenvalue weighted by Crippen LogP contribution is -2.18. The summed E-state index contributed by atoms with van der Waals surface area (Å²) < 4.78 is 0. The number of hydrogen-bond acceptors (Lipinski definition) is 1. The Hall–Kier alpha value is -0.790. The SMILES string of the molecule is C/C=C/C(=O)N(C)C. The fourth-order valence-corrected chi connectivity index (χ4v) is 0.292. The van der Waals surface area contributed by atoms with E-state index in [1.54, 1.807) is 20.2 Å². The van der Waals surface area contributed by atoms with E-state index in [0.29, 0.717) is 0 Å². The Morgan fingerprint density at radius 3 is 2.12 bits per heavy atom. The first-order valence-electron chi connectivity index (χ1n) is 2.52. The van der Waals surface area contributed by atoms with Gasteiger partial charge in [-0.3, -0.25) is 4.79 Å². The van der Waals surface area contributed by atoms with Gasteiger partial charge in [-0.2, -0.15) is 0 Å². The highest BCUT2D eigenvalue weighted by Gasteiger charge is 1.92. The fraction of sp³-hybridized carbons (Fsp3) is 0.500. The maximum absolute atomic E-state index is 10.6. The standard InChI is InChI=1S/C6H11NO/c1-4-5-6(8)7(2)3/h4-5H,1-3H3/b5-4+. The van der Waals surface area contributed by atoms with E-state index >= 15 is 0 Å². The quantitative estimate of drug-likeness (QED) is 0.457. The van der Waals surface area contributed by atoms with Gasteiger partial charge in [0.15, 0.2) is 0 Å². The molecule has 46 valence electrons. The molecule has 0 spiro atoms. The van der Waals surface area contributed by atoms with Crippen molar-refractivity contribution in [3.8, 4) is 0 Å². The molecule has 0 saturated carbocycles. The van der Waals surface area contributed by atoms with E-state index in [1.165, 1.54) is 11.0 Å². The third-order valence-corrected chi connectivity index (χ3v) is 0.750. The van der Waals surface area contributed by atoms with E-state index < -0.39 is 0 Å². The molecule has 0 bridgehead atoms. The van der Waals surface area contributed by atoms with Crippen molar-refractivity contribution >= 4 is 5.91 Å². The number of allylic oxidation sites excluding steroid dienone is 1. The number of rotatable bonds is 1. The molecule has 2 heteroatoms. The van der Waals surface area contributed by atoms with Crippen molar-refractivity contribution in [3.05, 3.63) is 12.2 Å². The second-order valence-corrected chi connectivity index (χ2v) is 1.73. The monoisotopic (exact) mass is 113 g/mol. The topological polar surface area (TPSA) is 20.3 Å². The number of amides is 1. The van der Waals surface area contributed by atoms with Crippen LogP contribution < -0.4 is 0 Å². The highest BCUT2D eigenvalue weighted by molar-refractivity contribution is 5.86. The van der Waals surface area contributed by atoms with Crippen molar-refractivity contribution in [2.45, 2.75) is 6.92 Å². The van der Waals surface area contributed by atoms with Gasteiger partial charge in [0.2, 0.25) is 5.91 Å². The maximum Gasteiger partial charge on any atom is 0.245 e. The first-order chi connectivity index (χ1) is 3.68. The van der Waals surface area contributed by atoms with Gasteiger partial charge in [-0.25, -0.2) is 0 Å². The van der Waals surface area contributed by atoms with Gasteiger partial charge < -0.3 is 4.90 Å². The second kappa shape index (κ2) is 3.24. The second-order valence-electron chi connectivity index (χ2n) is 1.73. The van der Waals surface area contributed by atoms with Crippen molar-refractivity contribution in [2.75, 3.05) is 14.1 Å². The van der Waals surface area contributed by atoms with E-state index in [4.69, 9.17) is 0 Å². The van der Waals surface area contributed by atoms with Crippen LogP contribution in [0.25, 0.3) is 0 Å². The molecule has 0 aromatic heterocycles. The van der Waals surface area contributed by atoms with E-state index in [-0.39, 0.29) is 5.91 Å². The van der Waals surface area contributed by atoms with Crippen LogP contribution in [-0.4, -0.2) is 24.9 Å². The summed E-state index contributed by atoms with van der Waals surface area (Å²) in [6.45, 7) is 1.82. The number of nitrogens with zero attached hydrogens (tertiary/aromatic N) is 1.